The number of terminal acetylenes is 1. The van der Waals surface area contributed by atoms with E-state index < -0.39 is 11.4 Å². The fourth-order valence-electron chi connectivity index (χ4n) is 5.31. The Bertz CT molecular complexity index is 1670. The van der Waals surface area contributed by atoms with Gasteiger partial charge in [0.1, 0.15) is 29.3 Å². The van der Waals surface area contributed by atoms with Crippen LogP contribution in [0.2, 0.25) is 0 Å². The number of likely N-dealkylation sites (tertiary alicyclic amines) is 1. The lowest BCUT2D eigenvalue weighted by Gasteiger charge is -2.32. The number of ether oxygens (including phenoxy) is 1. The van der Waals surface area contributed by atoms with Gasteiger partial charge in [0.05, 0.1) is 11.1 Å². The van der Waals surface area contributed by atoms with Crippen molar-refractivity contribution >= 4 is 27.5 Å². The number of hydrogen-bond acceptors (Lipinski definition) is 8. The van der Waals surface area contributed by atoms with Gasteiger partial charge in [-0.25, -0.2) is 9.18 Å². The Morgan fingerprint density at radius 3 is 2.63 bits per heavy atom. The summed E-state index contributed by atoms with van der Waals surface area (Å²) in [7, 11) is 0. The molecule has 6 rings (SSSR count). The van der Waals surface area contributed by atoms with Gasteiger partial charge in [0, 0.05) is 36.1 Å². The average Bonchev–Trinajstić information content (AvgIpc) is 3.38. The number of phenols is 1. The minimum Gasteiger partial charge on any atom is -0.508 e. The molecule has 0 spiro atoms. The van der Waals surface area contributed by atoms with Crippen LogP contribution in [0.25, 0.3) is 33.0 Å². The van der Waals surface area contributed by atoms with Gasteiger partial charge in [-0.1, -0.05) is 12.0 Å². The van der Waals surface area contributed by atoms with Gasteiger partial charge in [-0.2, -0.15) is 9.97 Å². The van der Waals surface area contributed by atoms with E-state index in [1.807, 2.05) is 4.90 Å². The molecule has 4 aromatic rings. The Morgan fingerprint density at radius 1 is 1.13 bits per heavy atom. The van der Waals surface area contributed by atoms with E-state index in [-0.39, 0.29) is 28.5 Å². The number of aromatic hydroxyl groups is 1. The molecule has 2 aromatic carbocycles. The van der Waals surface area contributed by atoms with E-state index in [1.54, 1.807) is 6.92 Å². The van der Waals surface area contributed by atoms with Crippen LogP contribution in [0.5, 0.6) is 11.8 Å². The maximum absolute atomic E-state index is 14.7. The van der Waals surface area contributed by atoms with Crippen LogP contribution in [-0.2, 0) is 0 Å². The fraction of sp³-hybridized carbons (Fsp3) is 0.345. The van der Waals surface area contributed by atoms with Crippen LogP contribution in [0, 0.1) is 25.1 Å². The first-order valence-corrected chi connectivity index (χ1v) is 12.8. The van der Waals surface area contributed by atoms with Crippen molar-refractivity contribution in [1.82, 2.24) is 14.9 Å². The first kappa shape index (κ1) is 24.2. The molecular weight excluding hydrogens is 487 g/mol. The lowest BCUT2D eigenvalue weighted by molar-refractivity contribution is 0.226. The predicted molar refractivity (Wildman–Crippen MR) is 143 cm³/mol. The molecule has 2 aromatic heterocycles. The molecule has 1 N–H and O–H groups in total. The van der Waals surface area contributed by atoms with E-state index in [1.165, 1.54) is 37.1 Å². The number of aryl methyl sites for hydroxylation is 1. The van der Waals surface area contributed by atoms with Gasteiger partial charge in [-0.05, 0) is 62.9 Å². The quantitative estimate of drug-likeness (QED) is 0.383. The summed E-state index contributed by atoms with van der Waals surface area (Å²) >= 11 is 0. The summed E-state index contributed by atoms with van der Waals surface area (Å²) in [6.07, 6.45) is 9.04. The number of anilines is 1. The molecule has 8 nitrogen and oxygen atoms in total. The molecule has 0 aliphatic carbocycles. The smallest absolute Gasteiger partial charge is 0.349 e. The summed E-state index contributed by atoms with van der Waals surface area (Å²) < 4.78 is 26.5. The predicted octanol–water partition coefficient (Wildman–Crippen LogP) is 4.22. The number of benzene rings is 2. The van der Waals surface area contributed by atoms with Gasteiger partial charge < -0.3 is 19.2 Å². The van der Waals surface area contributed by atoms with E-state index in [4.69, 9.17) is 15.6 Å². The number of rotatable bonds is 6. The lowest BCUT2D eigenvalue weighted by atomic mass is 9.95. The number of nitrogens with zero attached hydrogens (tertiary/aromatic N) is 4. The number of halogens is 1. The number of fused-ring (bicyclic) bond motifs is 2. The second-order valence-corrected chi connectivity index (χ2v) is 9.79. The van der Waals surface area contributed by atoms with Crippen LogP contribution in [0.4, 0.5) is 10.2 Å². The second kappa shape index (κ2) is 9.62. The van der Waals surface area contributed by atoms with Crippen molar-refractivity contribution in [3.05, 3.63) is 51.6 Å². The maximum Gasteiger partial charge on any atom is 0.349 e. The molecule has 0 radical (unpaired) electrons. The van der Waals surface area contributed by atoms with Gasteiger partial charge >= 0.3 is 11.6 Å². The van der Waals surface area contributed by atoms with Crippen LogP contribution in [0.1, 0.15) is 30.4 Å². The van der Waals surface area contributed by atoms with Crippen molar-refractivity contribution in [2.75, 3.05) is 44.2 Å². The van der Waals surface area contributed by atoms with Gasteiger partial charge in [0.15, 0.2) is 5.82 Å². The van der Waals surface area contributed by atoms with E-state index in [9.17, 15) is 14.3 Å². The zero-order chi connectivity index (χ0) is 26.4. The highest BCUT2D eigenvalue weighted by atomic mass is 19.1. The third-order valence-corrected chi connectivity index (χ3v) is 7.40. The van der Waals surface area contributed by atoms with Crippen LogP contribution in [0.3, 0.4) is 0 Å². The van der Waals surface area contributed by atoms with E-state index in [0.29, 0.717) is 39.8 Å². The summed E-state index contributed by atoms with van der Waals surface area (Å²) in [5, 5.41) is 11.6. The number of aromatic nitrogens is 2. The Hall–Kier alpha value is -4.16. The summed E-state index contributed by atoms with van der Waals surface area (Å²) in [5.41, 5.74) is 0.632. The number of phenolic OH excluding ortho intramolecular Hbond substituents is 1. The Balaban J connectivity index is 1.53. The summed E-state index contributed by atoms with van der Waals surface area (Å²) in [5.74, 6) is 2.39. The molecule has 194 valence electrons. The third kappa shape index (κ3) is 4.11. The molecule has 2 aliphatic rings. The minimum absolute atomic E-state index is 0.0227. The van der Waals surface area contributed by atoms with Crippen LogP contribution in [0.15, 0.2) is 33.5 Å². The van der Waals surface area contributed by atoms with Crippen molar-refractivity contribution in [2.45, 2.75) is 26.2 Å². The van der Waals surface area contributed by atoms with Crippen molar-refractivity contribution in [2.24, 2.45) is 0 Å². The Labute approximate surface area is 218 Å². The molecule has 2 fully saturated rings. The van der Waals surface area contributed by atoms with Gasteiger partial charge in [0.2, 0.25) is 0 Å². The highest BCUT2D eigenvalue weighted by Crippen LogP contribution is 2.39. The maximum atomic E-state index is 14.7. The van der Waals surface area contributed by atoms with Crippen molar-refractivity contribution in [3.63, 3.8) is 0 Å². The van der Waals surface area contributed by atoms with E-state index in [0.717, 1.165) is 39.1 Å². The molecule has 9 heteroatoms. The molecule has 0 bridgehead atoms. The fourth-order valence-corrected chi connectivity index (χ4v) is 5.31. The third-order valence-electron chi connectivity index (χ3n) is 7.40. The molecule has 0 unspecified atom stereocenters. The summed E-state index contributed by atoms with van der Waals surface area (Å²) in [4.78, 5) is 27.0. The molecule has 2 saturated heterocycles. The monoisotopic (exact) mass is 514 g/mol. The first-order valence-electron chi connectivity index (χ1n) is 12.8. The molecule has 0 atom stereocenters. The highest BCUT2D eigenvalue weighted by molar-refractivity contribution is 6.03. The molecule has 0 amide bonds. The SMILES string of the molecule is C#Cc1c(F)ccc2cc(O)cc(-c3oc(=O)c4c(N5CCC5)nc(OCCN5CCCC5)nc4c3C)c12. The summed E-state index contributed by atoms with van der Waals surface area (Å²) in [6, 6.07) is 5.88. The highest BCUT2D eigenvalue weighted by Gasteiger charge is 2.27. The van der Waals surface area contributed by atoms with Crippen LogP contribution < -0.4 is 15.3 Å². The van der Waals surface area contributed by atoms with E-state index >= 15 is 0 Å². The van der Waals surface area contributed by atoms with Crippen molar-refractivity contribution < 1.29 is 18.7 Å². The molecule has 2 aliphatic heterocycles. The Kier molecular flexibility index (Phi) is 6.12. The van der Waals surface area contributed by atoms with Crippen LogP contribution >= 0.6 is 0 Å². The molecule has 0 saturated carbocycles. The average molecular weight is 515 g/mol. The topological polar surface area (TPSA) is 91.9 Å². The van der Waals surface area contributed by atoms with Crippen molar-refractivity contribution in [1.29, 1.82) is 0 Å². The van der Waals surface area contributed by atoms with Crippen LogP contribution in [-0.4, -0.2) is 59.3 Å². The lowest BCUT2D eigenvalue weighted by Crippen LogP contribution is -2.38. The second-order valence-electron chi connectivity index (χ2n) is 9.79. The minimum atomic E-state index is -0.624. The normalized spacial score (nSPS) is 15.7. The molecule has 38 heavy (non-hydrogen) atoms. The molecular formula is C29H27FN4O4. The molecule has 4 heterocycles. The number of hydrogen-bond donors (Lipinski definition) is 1. The first-order chi connectivity index (χ1) is 18.4. The van der Waals surface area contributed by atoms with E-state index in [2.05, 4.69) is 20.8 Å². The largest absolute Gasteiger partial charge is 0.508 e. The zero-order valence-corrected chi connectivity index (χ0v) is 21.1. The standard InChI is InChI=1S/C29H27FN4O4/c1-3-20-22(30)8-7-18-15-19(35)16-21(23(18)20)26-17(2)25-24(28(36)38-26)27(34-11-6-12-34)32-29(31-25)37-14-13-33-9-4-5-10-33/h1,7-8,15-16,35H,4-6,9-14H2,2H3. The van der Waals surface area contributed by atoms with Gasteiger partial charge in [0.25, 0.3) is 0 Å². The zero-order valence-electron chi connectivity index (χ0n) is 21.1. The van der Waals surface area contributed by atoms with Gasteiger partial charge in [-0.15, -0.1) is 6.42 Å². The van der Waals surface area contributed by atoms with Crippen molar-refractivity contribution in [3.8, 4) is 35.4 Å². The summed E-state index contributed by atoms with van der Waals surface area (Å²) in [6.45, 7) is 6.62. The van der Waals surface area contributed by atoms with Gasteiger partial charge in [-0.3, -0.25) is 4.90 Å². The Morgan fingerprint density at radius 2 is 1.92 bits per heavy atom.